The molecule has 1 heterocycles. The summed E-state index contributed by atoms with van der Waals surface area (Å²) in [5, 5.41) is 4.27. The highest BCUT2D eigenvalue weighted by Gasteiger charge is 2.28. The van der Waals surface area contributed by atoms with Crippen LogP contribution in [0, 0.1) is 0 Å². The number of benzene rings is 1. The smallest absolute Gasteiger partial charge is 0.0646 e. The van der Waals surface area contributed by atoms with E-state index in [1.165, 1.54) is 0 Å². The van der Waals surface area contributed by atoms with Crippen molar-refractivity contribution in [3.05, 3.63) is 27.7 Å². The van der Waals surface area contributed by atoms with Crippen molar-refractivity contribution in [3.63, 3.8) is 0 Å². The SMILES string of the molecule is CC1(C)CC(Nc2cc(Br)ccc2Cl)CCO1. The van der Waals surface area contributed by atoms with E-state index in [0.717, 1.165) is 34.6 Å². The molecule has 0 bridgehead atoms. The molecular weight excluding hydrogens is 302 g/mol. The molecule has 1 aliphatic rings. The predicted octanol–water partition coefficient (Wildman–Crippen LogP) is 4.47. The topological polar surface area (TPSA) is 21.3 Å². The average molecular weight is 319 g/mol. The van der Waals surface area contributed by atoms with Crippen LogP contribution in [0.15, 0.2) is 22.7 Å². The van der Waals surface area contributed by atoms with Gasteiger partial charge in [0, 0.05) is 17.1 Å². The summed E-state index contributed by atoms with van der Waals surface area (Å²) in [6.07, 6.45) is 2.02. The third-order valence-corrected chi connectivity index (χ3v) is 3.81. The summed E-state index contributed by atoms with van der Waals surface area (Å²) in [5.74, 6) is 0. The van der Waals surface area contributed by atoms with Gasteiger partial charge in [-0.3, -0.25) is 0 Å². The van der Waals surface area contributed by atoms with Gasteiger partial charge in [-0.15, -0.1) is 0 Å². The Hall–Kier alpha value is -0.250. The van der Waals surface area contributed by atoms with Crippen LogP contribution in [0.25, 0.3) is 0 Å². The lowest BCUT2D eigenvalue weighted by molar-refractivity contribution is -0.0553. The van der Waals surface area contributed by atoms with Gasteiger partial charge in [0.05, 0.1) is 16.3 Å². The summed E-state index contributed by atoms with van der Waals surface area (Å²) < 4.78 is 6.74. The fourth-order valence-electron chi connectivity index (χ4n) is 2.18. The Labute approximate surface area is 116 Å². The lowest BCUT2D eigenvalue weighted by Gasteiger charge is -2.36. The fraction of sp³-hybridized carbons (Fsp3) is 0.538. The Morgan fingerprint density at radius 1 is 1.47 bits per heavy atom. The molecular formula is C13H17BrClNO. The highest BCUT2D eigenvalue weighted by atomic mass is 79.9. The monoisotopic (exact) mass is 317 g/mol. The molecule has 1 aromatic carbocycles. The van der Waals surface area contributed by atoms with Gasteiger partial charge in [-0.05, 0) is 44.9 Å². The number of hydrogen-bond acceptors (Lipinski definition) is 2. The second kappa shape index (κ2) is 5.17. The second-order valence-electron chi connectivity index (χ2n) is 5.07. The number of halogens is 2. The van der Waals surface area contributed by atoms with Crippen LogP contribution < -0.4 is 5.32 Å². The van der Waals surface area contributed by atoms with E-state index in [1.807, 2.05) is 18.2 Å². The summed E-state index contributed by atoms with van der Waals surface area (Å²) in [4.78, 5) is 0. The summed E-state index contributed by atoms with van der Waals surface area (Å²) >= 11 is 9.63. The van der Waals surface area contributed by atoms with Gasteiger partial charge < -0.3 is 10.1 Å². The van der Waals surface area contributed by atoms with E-state index >= 15 is 0 Å². The van der Waals surface area contributed by atoms with E-state index in [-0.39, 0.29) is 5.60 Å². The molecule has 4 heteroatoms. The van der Waals surface area contributed by atoms with E-state index in [0.29, 0.717) is 6.04 Å². The lowest BCUT2D eigenvalue weighted by Crippen LogP contribution is -2.40. The molecule has 1 aromatic rings. The maximum absolute atomic E-state index is 6.17. The van der Waals surface area contributed by atoms with Crippen molar-refractivity contribution in [2.24, 2.45) is 0 Å². The first-order chi connectivity index (χ1) is 7.96. The molecule has 1 N–H and O–H groups in total. The molecule has 0 aliphatic carbocycles. The minimum Gasteiger partial charge on any atom is -0.381 e. The quantitative estimate of drug-likeness (QED) is 0.868. The van der Waals surface area contributed by atoms with Crippen LogP contribution in [0.1, 0.15) is 26.7 Å². The maximum Gasteiger partial charge on any atom is 0.0646 e. The van der Waals surface area contributed by atoms with Gasteiger partial charge in [-0.25, -0.2) is 0 Å². The van der Waals surface area contributed by atoms with Gasteiger partial charge in [0.2, 0.25) is 0 Å². The lowest BCUT2D eigenvalue weighted by atomic mass is 9.94. The standard InChI is InChI=1S/C13H17BrClNO/c1-13(2)8-10(5-6-17-13)16-12-7-9(14)3-4-11(12)15/h3-4,7,10,16H,5-6,8H2,1-2H3. The van der Waals surface area contributed by atoms with Crippen LogP contribution in [0.5, 0.6) is 0 Å². The van der Waals surface area contributed by atoms with Crippen LogP contribution >= 0.6 is 27.5 Å². The zero-order chi connectivity index (χ0) is 12.5. The number of rotatable bonds is 2. The molecule has 1 aliphatic heterocycles. The number of anilines is 1. The van der Waals surface area contributed by atoms with Gasteiger partial charge in [-0.2, -0.15) is 0 Å². The van der Waals surface area contributed by atoms with Crippen molar-refractivity contribution in [3.8, 4) is 0 Å². The molecule has 1 unspecified atom stereocenters. The van der Waals surface area contributed by atoms with E-state index in [1.54, 1.807) is 0 Å². The van der Waals surface area contributed by atoms with Crippen molar-refractivity contribution in [2.75, 3.05) is 11.9 Å². The van der Waals surface area contributed by atoms with Gasteiger partial charge in [-0.1, -0.05) is 27.5 Å². The first kappa shape index (κ1) is 13.2. The number of nitrogens with one attached hydrogen (secondary N) is 1. The minimum atomic E-state index is -0.0472. The fourth-order valence-corrected chi connectivity index (χ4v) is 2.72. The normalized spacial score (nSPS) is 23.4. The molecule has 0 aromatic heterocycles. The van der Waals surface area contributed by atoms with Crippen LogP contribution in [-0.4, -0.2) is 18.2 Å². The van der Waals surface area contributed by atoms with Crippen molar-refractivity contribution in [1.82, 2.24) is 0 Å². The van der Waals surface area contributed by atoms with Crippen molar-refractivity contribution >= 4 is 33.2 Å². The van der Waals surface area contributed by atoms with Crippen molar-refractivity contribution < 1.29 is 4.74 Å². The molecule has 0 amide bonds. The Morgan fingerprint density at radius 3 is 2.94 bits per heavy atom. The van der Waals surface area contributed by atoms with E-state index in [4.69, 9.17) is 16.3 Å². The van der Waals surface area contributed by atoms with Crippen LogP contribution in [0.2, 0.25) is 5.02 Å². The molecule has 1 atom stereocenters. The first-order valence-corrected chi connectivity index (χ1v) is 6.99. The Kier molecular flexibility index (Phi) is 4.01. The molecule has 17 heavy (non-hydrogen) atoms. The third kappa shape index (κ3) is 3.60. The van der Waals surface area contributed by atoms with E-state index in [2.05, 4.69) is 35.1 Å². The molecule has 2 nitrogen and oxygen atoms in total. The van der Waals surface area contributed by atoms with Gasteiger partial charge >= 0.3 is 0 Å². The largest absolute Gasteiger partial charge is 0.381 e. The highest BCUT2D eigenvalue weighted by Crippen LogP contribution is 2.30. The van der Waals surface area contributed by atoms with Gasteiger partial charge in [0.15, 0.2) is 0 Å². The molecule has 2 rings (SSSR count). The van der Waals surface area contributed by atoms with Crippen LogP contribution in [0.4, 0.5) is 5.69 Å². The van der Waals surface area contributed by atoms with Crippen molar-refractivity contribution in [1.29, 1.82) is 0 Å². The number of hydrogen-bond donors (Lipinski definition) is 1. The third-order valence-electron chi connectivity index (χ3n) is 2.99. The van der Waals surface area contributed by atoms with Gasteiger partial charge in [0.25, 0.3) is 0 Å². The zero-order valence-corrected chi connectivity index (χ0v) is 12.4. The Balaban J connectivity index is 2.07. The molecule has 0 saturated carbocycles. The summed E-state index contributed by atoms with van der Waals surface area (Å²) in [6, 6.07) is 6.29. The van der Waals surface area contributed by atoms with Crippen LogP contribution in [-0.2, 0) is 4.74 Å². The molecule has 1 fully saturated rings. The summed E-state index contributed by atoms with van der Waals surface area (Å²) in [6.45, 7) is 5.06. The van der Waals surface area contributed by atoms with Gasteiger partial charge in [0.1, 0.15) is 0 Å². The zero-order valence-electron chi connectivity index (χ0n) is 10.1. The predicted molar refractivity (Wildman–Crippen MR) is 75.8 cm³/mol. The average Bonchev–Trinajstić information content (AvgIpc) is 2.22. The Bertz CT molecular complexity index is 408. The van der Waals surface area contributed by atoms with Crippen molar-refractivity contribution in [2.45, 2.75) is 38.3 Å². The maximum atomic E-state index is 6.17. The molecule has 1 saturated heterocycles. The summed E-state index contributed by atoms with van der Waals surface area (Å²) in [7, 11) is 0. The molecule has 94 valence electrons. The van der Waals surface area contributed by atoms with Crippen LogP contribution in [0.3, 0.4) is 0 Å². The number of ether oxygens (including phenoxy) is 1. The minimum absolute atomic E-state index is 0.0472. The molecule has 0 radical (unpaired) electrons. The van der Waals surface area contributed by atoms with E-state index < -0.39 is 0 Å². The highest BCUT2D eigenvalue weighted by molar-refractivity contribution is 9.10. The second-order valence-corrected chi connectivity index (χ2v) is 6.39. The molecule has 0 spiro atoms. The van der Waals surface area contributed by atoms with E-state index in [9.17, 15) is 0 Å². The first-order valence-electron chi connectivity index (χ1n) is 5.82. The summed E-state index contributed by atoms with van der Waals surface area (Å²) in [5.41, 5.74) is 0.942. The Morgan fingerprint density at radius 2 is 2.24 bits per heavy atom.